The zero-order valence-electron chi connectivity index (χ0n) is 29.9. The molecule has 4 unspecified atom stereocenters. The van der Waals surface area contributed by atoms with Gasteiger partial charge in [-0.25, -0.2) is 4.79 Å². The first-order valence-corrected chi connectivity index (χ1v) is 18.1. The van der Waals surface area contributed by atoms with E-state index in [0.717, 1.165) is 75.0 Å². The van der Waals surface area contributed by atoms with E-state index in [0.29, 0.717) is 36.2 Å². The molecular weight excluding hydrogens is 608 g/mol. The van der Waals surface area contributed by atoms with Gasteiger partial charge in [-0.1, -0.05) is 32.9 Å². The van der Waals surface area contributed by atoms with E-state index in [4.69, 9.17) is 18.9 Å². The highest BCUT2D eigenvalue weighted by Crippen LogP contribution is 2.60. The number of hydrogen-bond acceptors (Lipinski definition) is 8. The van der Waals surface area contributed by atoms with Gasteiger partial charge >= 0.3 is 23.9 Å². The van der Waals surface area contributed by atoms with E-state index >= 15 is 0 Å². The highest BCUT2D eigenvalue weighted by Gasteiger charge is 2.62. The van der Waals surface area contributed by atoms with Gasteiger partial charge in [-0.05, 0) is 145 Å². The standard InChI is InChI=1S/C24H30O4.C16H24O4/c1-5-23(3,4)22(26)27-20-12-11-17-15-19(10-9-18(17)16-20)21(25)28-24(6-2)13-7-8-14-24;1-4-15(2,3)13(17)20-12-8-11-7-10(12)9-16(11)5-6-19-14(16)18/h9-12,15-16H,5-8,13-14H2,1-4H3;10-12H,4-9H2,1-3H3. The number of carbonyl (C=O) groups excluding carboxylic acids is 4. The Bertz CT molecular complexity index is 1530. The number of fused-ring (bicyclic) bond motifs is 4. The number of ether oxygens (including phenoxy) is 4. The van der Waals surface area contributed by atoms with Crippen molar-refractivity contribution in [2.75, 3.05) is 6.61 Å². The summed E-state index contributed by atoms with van der Waals surface area (Å²) >= 11 is 0. The molecule has 0 N–H and O–H groups in total. The van der Waals surface area contributed by atoms with Crippen LogP contribution in [0.15, 0.2) is 36.4 Å². The van der Waals surface area contributed by atoms with E-state index in [2.05, 4.69) is 6.92 Å². The molecule has 2 aromatic carbocycles. The molecule has 0 radical (unpaired) electrons. The number of cyclic esters (lactones) is 1. The molecule has 262 valence electrons. The van der Waals surface area contributed by atoms with Crippen molar-refractivity contribution in [1.82, 2.24) is 0 Å². The molecule has 0 aromatic heterocycles. The van der Waals surface area contributed by atoms with Gasteiger partial charge in [0, 0.05) is 0 Å². The Kier molecular flexibility index (Phi) is 10.3. The van der Waals surface area contributed by atoms with Crippen LogP contribution in [0.25, 0.3) is 10.8 Å². The number of rotatable bonds is 9. The minimum atomic E-state index is -0.516. The molecule has 2 bridgehead atoms. The Hall–Kier alpha value is -3.42. The second kappa shape index (κ2) is 13.8. The van der Waals surface area contributed by atoms with E-state index in [1.54, 1.807) is 12.1 Å². The first-order valence-electron chi connectivity index (χ1n) is 18.1. The predicted octanol–water partition coefficient (Wildman–Crippen LogP) is 8.76. The second-order valence-electron chi connectivity index (χ2n) is 15.8. The highest BCUT2D eigenvalue weighted by molar-refractivity contribution is 5.96. The van der Waals surface area contributed by atoms with Crippen LogP contribution in [0.1, 0.15) is 129 Å². The fraction of sp³-hybridized carbons (Fsp3) is 0.650. The topological polar surface area (TPSA) is 105 Å². The largest absolute Gasteiger partial charge is 0.465 e. The zero-order valence-corrected chi connectivity index (χ0v) is 29.9. The predicted molar refractivity (Wildman–Crippen MR) is 183 cm³/mol. The molecule has 2 aromatic rings. The van der Waals surface area contributed by atoms with E-state index in [9.17, 15) is 19.2 Å². The summed E-state index contributed by atoms with van der Waals surface area (Å²) in [6.45, 7) is 14.2. The van der Waals surface area contributed by atoms with E-state index in [1.807, 2.05) is 65.8 Å². The van der Waals surface area contributed by atoms with Crippen molar-refractivity contribution in [3.8, 4) is 5.75 Å². The van der Waals surface area contributed by atoms with Crippen LogP contribution in [0.4, 0.5) is 0 Å². The summed E-state index contributed by atoms with van der Waals surface area (Å²) in [7, 11) is 0. The Labute approximate surface area is 285 Å². The maximum absolute atomic E-state index is 12.7. The van der Waals surface area contributed by atoms with Crippen molar-refractivity contribution in [2.45, 2.75) is 131 Å². The summed E-state index contributed by atoms with van der Waals surface area (Å²) < 4.78 is 22.4. The Morgan fingerprint density at radius 3 is 2.08 bits per heavy atom. The molecule has 1 aliphatic heterocycles. The third kappa shape index (κ3) is 7.13. The second-order valence-corrected chi connectivity index (χ2v) is 15.8. The maximum Gasteiger partial charge on any atom is 0.338 e. The van der Waals surface area contributed by atoms with E-state index in [-0.39, 0.29) is 41.0 Å². The van der Waals surface area contributed by atoms with Crippen LogP contribution >= 0.6 is 0 Å². The van der Waals surface area contributed by atoms with Crippen molar-refractivity contribution in [3.63, 3.8) is 0 Å². The van der Waals surface area contributed by atoms with Crippen molar-refractivity contribution in [1.29, 1.82) is 0 Å². The number of hydrogen-bond donors (Lipinski definition) is 0. The average molecular weight is 663 g/mol. The van der Waals surface area contributed by atoms with Crippen LogP contribution < -0.4 is 4.74 Å². The van der Waals surface area contributed by atoms with Crippen LogP contribution in [0.5, 0.6) is 5.75 Å². The van der Waals surface area contributed by atoms with E-state index in [1.165, 1.54) is 0 Å². The summed E-state index contributed by atoms with van der Waals surface area (Å²) in [6, 6.07) is 11.0. The molecule has 6 rings (SSSR count). The Balaban J connectivity index is 0.000000198. The van der Waals surface area contributed by atoms with Crippen LogP contribution in [0.3, 0.4) is 0 Å². The molecule has 8 nitrogen and oxygen atoms in total. The van der Waals surface area contributed by atoms with Crippen molar-refractivity contribution >= 4 is 34.6 Å². The van der Waals surface area contributed by atoms with Crippen LogP contribution in [-0.2, 0) is 28.6 Å². The first kappa shape index (κ1) is 35.9. The third-order valence-corrected chi connectivity index (χ3v) is 12.1. The van der Waals surface area contributed by atoms with Crippen LogP contribution in [-0.4, -0.2) is 42.2 Å². The van der Waals surface area contributed by atoms with Crippen molar-refractivity contribution in [2.24, 2.45) is 28.1 Å². The smallest absolute Gasteiger partial charge is 0.338 e. The SMILES string of the molecule is CCC(C)(C)C(=O)OC1CC2CC1CC21CCOC1=O.CCC1(OC(=O)c2ccc3cc(OC(=O)C(C)(C)CC)ccc3c2)CCCC1. The molecule has 4 fully saturated rings. The maximum atomic E-state index is 12.7. The number of esters is 4. The summed E-state index contributed by atoms with van der Waals surface area (Å²) in [5.74, 6) is 0.614. The molecular formula is C40H54O8. The van der Waals surface area contributed by atoms with Gasteiger partial charge in [-0.3, -0.25) is 14.4 Å². The molecule has 48 heavy (non-hydrogen) atoms. The van der Waals surface area contributed by atoms with Crippen LogP contribution in [0.2, 0.25) is 0 Å². The zero-order chi connectivity index (χ0) is 34.9. The van der Waals surface area contributed by atoms with Gasteiger partial charge in [0.25, 0.3) is 0 Å². The lowest BCUT2D eigenvalue weighted by molar-refractivity contribution is -0.164. The van der Waals surface area contributed by atoms with Gasteiger partial charge in [-0.2, -0.15) is 0 Å². The summed E-state index contributed by atoms with van der Waals surface area (Å²) in [6.07, 6.45) is 10.1. The molecule has 1 saturated heterocycles. The third-order valence-electron chi connectivity index (χ3n) is 12.1. The van der Waals surface area contributed by atoms with Gasteiger partial charge in [0.1, 0.15) is 17.5 Å². The van der Waals surface area contributed by atoms with Crippen molar-refractivity contribution < 1.29 is 38.1 Å². The summed E-state index contributed by atoms with van der Waals surface area (Å²) in [5.41, 5.74) is -0.905. The lowest BCUT2D eigenvalue weighted by atomic mass is 9.71. The molecule has 4 aliphatic rings. The minimum absolute atomic E-state index is 0.0105. The fourth-order valence-electron chi connectivity index (χ4n) is 7.71. The average Bonchev–Trinajstić information content (AvgIpc) is 3.87. The Morgan fingerprint density at radius 2 is 1.50 bits per heavy atom. The molecule has 0 amide bonds. The highest BCUT2D eigenvalue weighted by atomic mass is 16.6. The van der Waals surface area contributed by atoms with Gasteiger partial charge in [0.2, 0.25) is 0 Å². The van der Waals surface area contributed by atoms with E-state index < -0.39 is 10.8 Å². The lowest BCUT2D eigenvalue weighted by Crippen LogP contribution is -2.39. The molecule has 3 aliphatic carbocycles. The normalized spacial score (nSPS) is 25.8. The van der Waals surface area contributed by atoms with Gasteiger partial charge in [0.15, 0.2) is 0 Å². The summed E-state index contributed by atoms with van der Waals surface area (Å²) in [5, 5.41) is 1.84. The molecule has 1 heterocycles. The summed E-state index contributed by atoms with van der Waals surface area (Å²) in [4.78, 5) is 49.1. The number of benzene rings is 2. The van der Waals surface area contributed by atoms with Gasteiger partial charge in [0.05, 0.1) is 28.4 Å². The van der Waals surface area contributed by atoms with Crippen LogP contribution in [0, 0.1) is 28.1 Å². The molecule has 3 saturated carbocycles. The molecule has 4 atom stereocenters. The quantitative estimate of drug-likeness (QED) is 0.149. The molecule has 8 heteroatoms. The first-order chi connectivity index (χ1) is 22.7. The number of carbonyl (C=O) groups is 4. The lowest BCUT2D eigenvalue weighted by Gasteiger charge is -2.34. The fourth-order valence-corrected chi connectivity index (χ4v) is 7.71. The Morgan fingerprint density at radius 1 is 0.854 bits per heavy atom. The molecule has 1 spiro atoms. The van der Waals surface area contributed by atoms with Gasteiger partial charge < -0.3 is 18.9 Å². The monoisotopic (exact) mass is 662 g/mol. The van der Waals surface area contributed by atoms with Crippen molar-refractivity contribution in [3.05, 3.63) is 42.0 Å². The minimum Gasteiger partial charge on any atom is -0.465 e. The van der Waals surface area contributed by atoms with Gasteiger partial charge in [-0.15, -0.1) is 0 Å².